The van der Waals surface area contributed by atoms with Gasteiger partial charge >= 0.3 is 0 Å². The lowest BCUT2D eigenvalue weighted by Crippen LogP contribution is -2.48. The molecule has 8 heteroatoms. The maximum Gasteiger partial charge on any atom is 0.265 e. The van der Waals surface area contributed by atoms with E-state index in [4.69, 9.17) is 34.8 Å². The van der Waals surface area contributed by atoms with Gasteiger partial charge < -0.3 is 4.90 Å². The van der Waals surface area contributed by atoms with E-state index in [9.17, 15) is 4.79 Å². The van der Waals surface area contributed by atoms with Crippen LogP contribution in [0.1, 0.15) is 15.4 Å². The molecule has 4 rings (SSSR count). The van der Waals surface area contributed by atoms with Crippen LogP contribution in [-0.4, -0.2) is 46.9 Å². The molecule has 1 amide bonds. The molecule has 0 N–H and O–H groups in total. The Morgan fingerprint density at radius 1 is 1.11 bits per heavy atom. The highest BCUT2D eigenvalue weighted by Gasteiger charge is 2.27. The molecule has 0 atom stereocenters. The highest BCUT2D eigenvalue weighted by Crippen LogP contribution is 2.41. The summed E-state index contributed by atoms with van der Waals surface area (Å²) in [6.45, 7) is 3.71. The van der Waals surface area contributed by atoms with Crippen LogP contribution in [0, 0.1) is 0 Å². The van der Waals surface area contributed by atoms with Crippen LogP contribution < -0.4 is 0 Å². The van der Waals surface area contributed by atoms with Gasteiger partial charge in [0.05, 0.1) is 15.7 Å². The highest BCUT2D eigenvalue weighted by molar-refractivity contribution is 7.21. The number of halogens is 3. The summed E-state index contributed by atoms with van der Waals surface area (Å²) >= 11 is 20.2. The molecule has 4 nitrogen and oxygen atoms in total. The van der Waals surface area contributed by atoms with E-state index < -0.39 is 0 Å². The average Bonchev–Trinajstić information content (AvgIpc) is 2.99. The lowest BCUT2D eigenvalue weighted by molar-refractivity contribution is 0.0632. The summed E-state index contributed by atoms with van der Waals surface area (Å²) in [6.07, 6.45) is 1.80. The largest absolute Gasteiger partial charge is 0.335 e. The van der Waals surface area contributed by atoms with E-state index >= 15 is 0 Å². The summed E-state index contributed by atoms with van der Waals surface area (Å²) in [4.78, 5) is 22.0. The van der Waals surface area contributed by atoms with Crippen molar-refractivity contribution >= 4 is 62.1 Å². The second-order valence-electron chi connectivity index (χ2n) is 6.40. The number of hydrogen-bond donors (Lipinski definition) is 0. The SMILES string of the molecule is O=C(c1sc2cc(Cl)cc(Cl)c2c1Cl)N1CCN(Cc2ccccn2)CC1. The molecule has 3 aromatic rings. The lowest BCUT2D eigenvalue weighted by atomic mass is 10.2. The second-order valence-corrected chi connectivity index (χ2v) is 8.67. The summed E-state index contributed by atoms with van der Waals surface area (Å²) in [7, 11) is 0. The van der Waals surface area contributed by atoms with Gasteiger partial charge in [0.2, 0.25) is 0 Å². The fourth-order valence-corrected chi connectivity index (χ4v) is 5.56. The Morgan fingerprint density at radius 3 is 2.59 bits per heavy atom. The van der Waals surface area contributed by atoms with Gasteiger partial charge in [-0.05, 0) is 24.3 Å². The molecule has 2 aromatic heterocycles. The van der Waals surface area contributed by atoms with Gasteiger partial charge in [0.15, 0.2) is 0 Å². The first-order chi connectivity index (χ1) is 13.0. The van der Waals surface area contributed by atoms with Crippen molar-refractivity contribution in [1.82, 2.24) is 14.8 Å². The second kappa shape index (κ2) is 7.94. The van der Waals surface area contributed by atoms with Crippen molar-refractivity contribution in [3.63, 3.8) is 0 Å². The first kappa shape index (κ1) is 19.0. The van der Waals surface area contributed by atoms with Crippen LogP contribution in [0.2, 0.25) is 15.1 Å². The molecule has 1 aliphatic heterocycles. The quantitative estimate of drug-likeness (QED) is 0.560. The Labute approximate surface area is 176 Å². The van der Waals surface area contributed by atoms with Gasteiger partial charge in [0.1, 0.15) is 4.88 Å². The molecule has 0 saturated carbocycles. The maximum absolute atomic E-state index is 13.0. The van der Waals surface area contributed by atoms with E-state index in [1.165, 1.54) is 11.3 Å². The molecule has 1 fully saturated rings. The van der Waals surface area contributed by atoms with Gasteiger partial charge in [-0.25, -0.2) is 0 Å². The Hall–Kier alpha value is -1.37. The van der Waals surface area contributed by atoms with Crippen molar-refractivity contribution in [2.75, 3.05) is 26.2 Å². The number of aromatic nitrogens is 1. The van der Waals surface area contributed by atoms with E-state index in [1.807, 2.05) is 23.1 Å². The van der Waals surface area contributed by atoms with Gasteiger partial charge in [-0.1, -0.05) is 40.9 Å². The molecule has 1 aliphatic rings. The molecular weight excluding hydrogens is 425 g/mol. The molecule has 140 valence electrons. The number of rotatable bonds is 3. The number of thiophene rings is 1. The zero-order valence-corrected chi connectivity index (χ0v) is 17.4. The van der Waals surface area contributed by atoms with Gasteiger partial charge in [-0.3, -0.25) is 14.7 Å². The van der Waals surface area contributed by atoms with E-state index in [2.05, 4.69) is 9.88 Å². The maximum atomic E-state index is 13.0. The molecule has 3 heterocycles. The molecule has 0 bridgehead atoms. The van der Waals surface area contributed by atoms with Crippen LogP contribution in [0.4, 0.5) is 0 Å². The van der Waals surface area contributed by atoms with Crippen molar-refractivity contribution < 1.29 is 4.79 Å². The summed E-state index contributed by atoms with van der Waals surface area (Å²) in [5, 5.41) is 2.12. The molecule has 1 aromatic carbocycles. The minimum Gasteiger partial charge on any atom is -0.335 e. The number of pyridine rings is 1. The first-order valence-electron chi connectivity index (χ1n) is 8.51. The number of carbonyl (C=O) groups excluding carboxylic acids is 1. The Bertz CT molecular complexity index is 985. The van der Waals surface area contributed by atoms with Crippen molar-refractivity contribution in [3.05, 3.63) is 62.2 Å². The van der Waals surface area contributed by atoms with Gasteiger partial charge in [0, 0.05) is 54.0 Å². The molecule has 27 heavy (non-hydrogen) atoms. The predicted molar refractivity (Wildman–Crippen MR) is 112 cm³/mol. The zero-order chi connectivity index (χ0) is 19.0. The number of nitrogens with zero attached hydrogens (tertiary/aromatic N) is 3. The molecule has 0 aliphatic carbocycles. The molecule has 0 spiro atoms. The average molecular weight is 441 g/mol. The third-order valence-electron chi connectivity index (χ3n) is 4.62. The zero-order valence-electron chi connectivity index (χ0n) is 14.3. The third-order valence-corrected chi connectivity index (χ3v) is 6.75. The van der Waals surface area contributed by atoms with Crippen LogP contribution in [0.15, 0.2) is 36.5 Å². The van der Waals surface area contributed by atoms with Crippen molar-refractivity contribution in [2.45, 2.75) is 6.54 Å². The van der Waals surface area contributed by atoms with Gasteiger partial charge in [0.25, 0.3) is 5.91 Å². The Kier molecular flexibility index (Phi) is 5.58. The topological polar surface area (TPSA) is 36.4 Å². The molecular formula is C19H16Cl3N3OS. The van der Waals surface area contributed by atoms with Crippen LogP contribution in [0.25, 0.3) is 10.1 Å². The fraction of sp³-hybridized carbons (Fsp3) is 0.263. The minimum atomic E-state index is -0.0501. The van der Waals surface area contributed by atoms with Gasteiger partial charge in [-0.15, -0.1) is 11.3 Å². The number of amides is 1. The van der Waals surface area contributed by atoms with E-state index in [-0.39, 0.29) is 5.91 Å². The predicted octanol–water partition coefficient (Wildman–Crippen LogP) is 5.21. The van der Waals surface area contributed by atoms with Crippen LogP contribution in [0.5, 0.6) is 0 Å². The first-order valence-corrected chi connectivity index (χ1v) is 10.5. The number of hydrogen-bond acceptors (Lipinski definition) is 4. The lowest BCUT2D eigenvalue weighted by Gasteiger charge is -2.34. The number of carbonyl (C=O) groups is 1. The summed E-state index contributed by atoms with van der Waals surface area (Å²) in [5.41, 5.74) is 1.04. The van der Waals surface area contributed by atoms with Crippen molar-refractivity contribution in [3.8, 4) is 0 Å². The standard InChI is InChI=1S/C19H16Cl3N3OS/c20-12-9-14(21)16-15(10-12)27-18(17(16)22)19(26)25-7-5-24(6-8-25)11-13-3-1-2-4-23-13/h1-4,9-10H,5-8,11H2. The van der Waals surface area contributed by atoms with Gasteiger partial charge in [-0.2, -0.15) is 0 Å². The van der Waals surface area contributed by atoms with Crippen molar-refractivity contribution in [1.29, 1.82) is 0 Å². The Balaban J connectivity index is 1.47. The molecule has 0 unspecified atom stereocenters. The summed E-state index contributed by atoms with van der Waals surface area (Å²) in [6, 6.07) is 9.36. The third kappa shape index (κ3) is 3.93. The highest BCUT2D eigenvalue weighted by atomic mass is 35.5. The summed E-state index contributed by atoms with van der Waals surface area (Å²) < 4.78 is 0.828. The number of fused-ring (bicyclic) bond motifs is 1. The normalized spacial score (nSPS) is 15.4. The summed E-state index contributed by atoms with van der Waals surface area (Å²) in [5.74, 6) is -0.0501. The van der Waals surface area contributed by atoms with E-state index in [1.54, 1.807) is 18.3 Å². The minimum absolute atomic E-state index is 0.0501. The number of benzene rings is 1. The monoisotopic (exact) mass is 439 g/mol. The van der Waals surface area contributed by atoms with E-state index in [0.717, 1.165) is 30.0 Å². The van der Waals surface area contributed by atoms with Crippen LogP contribution >= 0.6 is 46.1 Å². The molecule has 0 radical (unpaired) electrons. The fourth-order valence-electron chi connectivity index (χ4n) is 3.22. The van der Waals surface area contributed by atoms with Crippen molar-refractivity contribution in [2.24, 2.45) is 0 Å². The molecule has 1 saturated heterocycles. The van der Waals surface area contributed by atoms with Crippen LogP contribution in [-0.2, 0) is 6.54 Å². The Morgan fingerprint density at radius 2 is 1.89 bits per heavy atom. The van der Waals surface area contributed by atoms with E-state index in [0.29, 0.717) is 38.4 Å². The number of piperazine rings is 1. The smallest absolute Gasteiger partial charge is 0.265 e. The van der Waals surface area contributed by atoms with Crippen LogP contribution in [0.3, 0.4) is 0 Å².